The molecule has 4 aromatic rings. The van der Waals surface area contributed by atoms with Gasteiger partial charge in [0.15, 0.2) is 0 Å². The van der Waals surface area contributed by atoms with Crippen LogP contribution in [0.3, 0.4) is 0 Å². The van der Waals surface area contributed by atoms with Crippen molar-refractivity contribution in [3.63, 3.8) is 0 Å². The Labute approximate surface area is 216 Å². The number of aryl methyl sites for hydroxylation is 1. The normalized spacial score (nSPS) is 16.5. The van der Waals surface area contributed by atoms with Crippen molar-refractivity contribution in [2.24, 2.45) is 0 Å². The number of rotatable bonds is 5. The Hall–Kier alpha value is -3.51. The van der Waals surface area contributed by atoms with Gasteiger partial charge < -0.3 is 19.5 Å². The highest BCUT2D eigenvalue weighted by Gasteiger charge is 2.36. The van der Waals surface area contributed by atoms with Gasteiger partial charge in [0, 0.05) is 23.2 Å². The first-order chi connectivity index (χ1) is 17.7. The summed E-state index contributed by atoms with van der Waals surface area (Å²) in [6.45, 7) is 1.21. The summed E-state index contributed by atoms with van der Waals surface area (Å²) in [6, 6.07) is 22.5. The smallest absolute Gasteiger partial charge is 0.318 e. The molecule has 3 heterocycles. The maximum Gasteiger partial charge on any atom is 0.318 e. The van der Waals surface area contributed by atoms with Crippen LogP contribution in [0.25, 0.3) is 5.00 Å². The molecule has 36 heavy (non-hydrogen) atoms. The zero-order valence-corrected chi connectivity index (χ0v) is 21.4. The first kappa shape index (κ1) is 22.9. The van der Waals surface area contributed by atoms with Crippen LogP contribution in [0.2, 0.25) is 0 Å². The third-order valence-electron chi connectivity index (χ3n) is 7.40. The van der Waals surface area contributed by atoms with Crippen LogP contribution < -0.4 is 10.1 Å². The lowest BCUT2D eigenvalue weighted by Crippen LogP contribution is -2.42. The Morgan fingerprint density at radius 2 is 1.81 bits per heavy atom. The summed E-state index contributed by atoms with van der Waals surface area (Å²) < 4.78 is 7.73. The monoisotopic (exact) mass is 497 g/mol. The fourth-order valence-electron chi connectivity index (χ4n) is 5.58. The lowest BCUT2D eigenvalue weighted by molar-refractivity contribution is 0.180. The van der Waals surface area contributed by atoms with Gasteiger partial charge in [-0.1, -0.05) is 42.5 Å². The molecule has 0 fully saturated rings. The van der Waals surface area contributed by atoms with Crippen LogP contribution >= 0.6 is 11.3 Å². The number of aromatic nitrogens is 1. The Kier molecular flexibility index (Phi) is 6.28. The number of ether oxygens (including phenoxy) is 1. The van der Waals surface area contributed by atoms with Gasteiger partial charge >= 0.3 is 6.03 Å². The van der Waals surface area contributed by atoms with E-state index in [1.54, 1.807) is 7.11 Å². The molecule has 1 N–H and O–H groups in total. The molecule has 2 amide bonds. The predicted octanol–water partition coefficient (Wildman–Crippen LogP) is 6.28. The highest BCUT2D eigenvalue weighted by Crippen LogP contribution is 2.44. The molecule has 0 saturated carbocycles. The average molecular weight is 498 g/mol. The third kappa shape index (κ3) is 4.20. The van der Waals surface area contributed by atoms with Crippen LogP contribution in [0.15, 0.2) is 72.9 Å². The number of fused-ring (bicyclic) bond motifs is 5. The minimum absolute atomic E-state index is 0.0249. The number of nitrogens with zero attached hydrogens (tertiary/aromatic N) is 2. The molecule has 1 atom stereocenters. The second kappa shape index (κ2) is 9.86. The van der Waals surface area contributed by atoms with E-state index in [-0.39, 0.29) is 12.1 Å². The molecule has 2 aliphatic rings. The van der Waals surface area contributed by atoms with E-state index in [2.05, 4.69) is 52.5 Å². The second-order valence-electron chi connectivity index (χ2n) is 9.57. The number of carbonyl (C=O) groups excluding carboxylic acids is 1. The van der Waals surface area contributed by atoms with Crippen LogP contribution in [0, 0.1) is 0 Å². The van der Waals surface area contributed by atoms with Gasteiger partial charge in [0.2, 0.25) is 0 Å². The van der Waals surface area contributed by atoms with Crippen LogP contribution in [-0.2, 0) is 25.8 Å². The molecule has 2 aromatic carbocycles. The zero-order chi connectivity index (χ0) is 24.5. The van der Waals surface area contributed by atoms with Crippen molar-refractivity contribution in [3.05, 3.63) is 106 Å². The van der Waals surface area contributed by atoms with Gasteiger partial charge in [0.05, 0.1) is 25.4 Å². The molecule has 0 radical (unpaired) electrons. The number of thiophene rings is 1. The number of methoxy groups -OCH3 is 1. The van der Waals surface area contributed by atoms with Crippen molar-refractivity contribution >= 4 is 17.4 Å². The molecule has 0 spiro atoms. The minimum atomic E-state index is -0.193. The summed E-state index contributed by atoms with van der Waals surface area (Å²) in [6.07, 6.45) is 7.69. The summed E-state index contributed by atoms with van der Waals surface area (Å²) >= 11 is 1.92. The lowest BCUT2D eigenvalue weighted by Gasteiger charge is -2.31. The van der Waals surface area contributed by atoms with Crippen molar-refractivity contribution in [2.75, 3.05) is 13.7 Å². The largest absolute Gasteiger partial charge is 0.497 e. The molecule has 0 bridgehead atoms. The quantitative estimate of drug-likeness (QED) is 0.353. The van der Waals surface area contributed by atoms with E-state index in [1.807, 2.05) is 46.6 Å². The molecule has 6 heteroatoms. The minimum Gasteiger partial charge on any atom is -0.497 e. The Bertz CT molecular complexity index is 1360. The summed E-state index contributed by atoms with van der Waals surface area (Å²) in [5.41, 5.74) is 6.22. The molecule has 184 valence electrons. The number of carbonyl (C=O) groups is 1. The lowest BCUT2D eigenvalue weighted by atomic mass is 9.95. The van der Waals surface area contributed by atoms with Gasteiger partial charge in [-0.3, -0.25) is 0 Å². The average Bonchev–Trinajstić information content (AvgIpc) is 3.51. The van der Waals surface area contributed by atoms with Crippen LogP contribution in [0.4, 0.5) is 4.79 Å². The summed E-state index contributed by atoms with van der Waals surface area (Å²) in [5.74, 6) is 0.815. The van der Waals surface area contributed by atoms with Crippen LogP contribution in [0.5, 0.6) is 5.75 Å². The Morgan fingerprint density at radius 1 is 1.00 bits per heavy atom. The fourth-order valence-corrected chi connectivity index (χ4v) is 6.99. The summed E-state index contributed by atoms with van der Waals surface area (Å²) in [7, 11) is 1.68. The first-order valence-electron chi connectivity index (χ1n) is 12.8. The third-order valence-corrected chi connectivity index (χ3v) is 8.74. The first-order valence-corrected chi connectivity index (χ1v) is 13.6. The van der Waals surface area contributed by atoms with E-state index < -0.39 is 0 Å². The molecule has 6 rings (SSSR count). The van der Waals surface area contributed by atoms with E-state index in [0.29, 0.717) is 13.1 Å². The second-order valence-corrected chi connectivity index (χ2v) is 10.7. The van der Waals surface area contributed by atoms with Crippen LogP contribution in [-0.4, -0.2) is 29.2 Å². The van der Waals surface area contributed by atoms with Gasteiger partial charge in [-0.25, -0.2) is 4.79 Å². The molecule has 1 aliphatic heterocycles. The van der Waals surface area contributed by atoms with Crippen molar-refractivity contribution in [1.29, 1.82) is 0 Å². The molecular formula is C30H31N3O2S. The van der Waals surface area contributed by atoms with Crippen molar-refractivity contribution in [1.82, 2.24) is 14.8 Å². The standard InChI is InChI=1S/C30H31N3O2S/c1-35-23-15-13-22(14-16-23)28-26-11-7-19-32(26)29-25(24-10-5-6-12-27(24)36-29)20-33(28)30(34)31-18-17-21-8-3-2-4-9-21/h2-4,7-9,11,13-16,19,28H,5-6,10,12,17-18,20H2,1H3,(H,31,34)/t28-/m1/s1. The topological polar surface area (TPSA) is 46.5 Å². The predicted molar refractivity (Wildman–Crippen MR) is 144 cm³/mol. The zero-order valence-electron chi connectivity index (χ0n) is 20.6. The van der Waals surface area contributed by atoms with Gasteiger partial charge in [-0.15, -0.1) is 11.3 Å². The van der Waals surface area contributed by atoms with E-state index in [9.17, 15) is 4.79 Å². The molecule has 2 aromatic heterocycles. The molecule has 0 saturated heterocycles. The van der Waals surface area contributed by atoms with Gasteiger partial charge in [-0.05, 0) is 73.1 Å². The highest BCUT2D eigenvalue weighted by atomic mass is 32.1. The number of hydrogen-bond acceptors (Lipinski definition) is 3. The molecule has 1 aliphatic carbocycles. The van der Waals surface area contributed by atoms with Crippen molar-refractivity contribution in [2.45, 2.75) is 44.7 Å². The van der Waals surface area contributed by atoms with Crippen molar-refractivity contribution < 1.29 is 9.53 Å². The Morgan fingerprint density at radius 3 is 2.61 bits per heavy atom. The van der Waals surface area contributed by atoms with E-state index in [1.165, 1.54) is 39.4 Å². The van der Waals surface area contributed by atoms with Gasteiger partial charge in [0.25, 0.3) is 0 Å². The number of urea groups is 1. The van der Waals surface area contributed by atoms with E-state index in [4.69, 9.17) is 4.74 Å². The van der Waals surface area contributed by atoms with Gasteiger partial charge in [0.1, 0.15) is 10.8 Å². The number of benzene rings is 2. The van der Waals surface area contributed by atoms with Crippen molar-refractivity contribution in [3.8, 4) is 10.8 Å². The van der Waals surface area contributed by atoms with Gasteiger partial charge in [-0.2, -0.15) is 0 Å². The van der Waals surface area contributed by atoms with Crippen LogP contribution in [0.1, 0.15) is 51.7 Å². The Balaban J connectivity index is 1.38. The highest BCUT2D eigenvalue weighted by molar-refractivity contribution is 7.15. The van der Waals surface area contributed by atoms with E-state index >= 15 is 0 Å². The number of amides is 2. The number of nitrogens with one attached hydrogen (secondary N) is 1. The fraction of sp³-hybridized carbons (Fsp3) is 0.300. The maximum atomic E-state index is 13.9. The number of hydrogen-bond donors (Lipinski definition) is 1. The summed E-state index contributed by atoms with van der Waals surface area (Å²) in [5, 5.41) is 4.51. The molecular weight excluding hydrogens is 466 g/mol. The SMILES string of the molecule is COc1ccc([C@@H]2c3cccn3-c3sc4c(c3CN2C(=O)NCCc2ccccc2)CCCC4)cc1. The summed E-state index contributed by atoms with van der Waals surface area (Å²) in [4.78, 5) is 17.4. The molecule has 0 unspecified atom stereocenters. The molecule has 5 nitrogen and oxygen atoms in total. The maximum absolute atomic E-state index is 13.9. The van der Waals surface area contributed by atoms with E-state index in [0.717, 1.165) is 36.3 Å².